The van der Waals surface area contributed by atoms with E-state index in [0.717, 1.165) is 11.3 Å². The molecule has 0 aliphatic rings. The van der Waals surface area contributed by atoms with Crippen LogP contribution >= 0.6 is 0 Å². The zero-order chi connectivity index (χ0) is 11.5. The topological polar surface area (TPSA) is 63.8 Å². The molecule has 82 valence electrons. The number of hydrogen-bond acceptors (Lipinski definition) is 4. The van der Waals surface area contributed by atoms with E-state index in [1.165, 1.54) is 5.56 Å². The molecule has 0 aliphatic carbocycles. The van der Waals surface area contributed by atoms with Crippen molar-refractivity contribution in [3.63, 3.8) is 0 Å². The van der Waals surface area contributed by atoms with Gasteiger partial charge in [-0.05, 0) is 19.9 Å². The summed E-state index contributed by atoms with van der Waals surface area (Å²) in [5.74, 6) is 6.68. The van der Waals surface area contributed by atoms with Gasteiger partial charge in [-0.2, -0.15) is 0 Å². The predicted octanol–water partition coefficient (Wildman–Crippen LogP) is 2.05. The second-order valence-electron chi connectivity index (χ2n) is 3.73. The Balaban J connectivity index is 2.51. The predicted molar refractivity (Wildman–Crippen MR) is 64.8 cm³/mol. The van der Waals surface area contributed by atoms with Crippen LogP contribution in [0.5, 0.6) is 0 Å². The molecule has 4 heteroatoms. The molecule has 16 heavy (non-hydrogen) atoms. The summed E-state index contributed by atoms with van der Waals surface area (Å²) in [7, 11) is 0. The van der Waals surface area contributed by atoms with Crippen molar-refractivity contribution in [1.82, 2.24) is 9.97 Å². The van der Waals surface area contributed by atoms with Crippen LogP contribution in [0, 0.1) is 13.8 Å². The molecule has 0 spiro atoms. The maximum absolute atomic E-state index is 5.36. The van der Waals surface area contributed by atoms with Crippen molar-refractivity contribution in [2.24, 2.45) is 5.84 Å². The Morgan fingerprint density at radius 2 is 1.94 bits per heavy atom. The van der Waals surface area contributed by atoms with Gasteiger partial charge in [-0.15, -0.1) is 0 Å². The highest BCUT2D eigenvalue weighted by Crippen LogP contribution is 2.18. The lowest BCUT2D eigenvalue weighted by Gasteiger charge is -2.05. The molecule has 0 aliphatic heterocycles. The Hall–Kier alpha value is -1.94. The third-order valence-electron chi connectivity index (χ3n) is 2.28. The van der Waals surface area contributed by atoms with Gasteiger partial charge in [0.15, 0.2) is 5.82 Å². The molecule has 0 saturated carbocycles. The maximum Gasteiger partial charge on any atom is 0.161 e. The molecule has 0 fully saturated rings. The second kappa shape index (κ2) is 4.28. The maximum atomic E-state index is 5.36. The number of nitrogen functional groups attached to an aromatic ring is 1. The number of nitrogens with two attached hydrogens (primary N) is 1. The zero-order valence-electron chi connectivity index (χ0n) is 9.36. The van der Waals surface area contributed by atoms with Gasteiger partial charge >= 0.3 is 0 Å². The first kappa shape index (κ1) is 10.6. The van der Waals surface area contributed by atoms with Gasteiger partial charge in [-0.25, -0.2) is 15.8 Å². The van der Waals surface area contributed by atoms with Gasteiger partial charge in [0.25, 0.3) is 0 Å². The highest BCUT2D eigenvalue weighted by molar-refractivity contribution is 5.58. The smallest absolute Gasteiger partial charge is 0.161 e. The molecule has 1 aromatic heterocycles. The minimum atomic E-state index is 0.629. The first-order valence-electron chi connectivity index (χ1n) is 5.08. The van der Waals surface area contributed by atoms with Crippen molar-refractivity contribution in [2.75, 3.05) is 5.43 Å². The lowest BCUT2D eigenvalue weighted by atomic mass is 10.1. The molecule has 0 radical (unpaired) electrons. The van der Waals surface area contributed by atoms with Gasteiger partial charge in [-0.1, -0.05) is 23.8 Å². The van der Waals surface area contributed by atoms with Gasteiger partial charge in [0.2, 0.25) is 0 Å². The summed E-state index contributed by atoms with van der Waals surface area (Å²) in [6, 6.07) is 9.88. The van der Waals surface area contributed by atoms with Crippen molar-refractivity contribution in [3.8, 4) is 11.4 Å². The largest absolute Gasteiger partial charge is 0.308 e. The van der Waals surface area contributed by atoms with Crippen LogP contribution in [0.15, 0.2) is 30.3 Å². The van der Waals surface area contributed by atoms with Gasteiger partial charge in [0.1, 0.15) is 5.82 Å². The van der Waals surface area contributed by atoms with Crippen LogP contribution in [0.1, 0.15) is 11.3 Å². The van der Waals surface area contributed by atoms with E-state index in [2.05, 4.69) is 21.5 Å². The third kappa shape index (κ3) is 2.17. The highest BCUT2D eigenvalue weighted by atomic mass is 15.3. The van der Waals surface area contributed by atoms with Crippen LogP contribution in [-0.2, 0) is 0 Å². The number of nitrogens with one attached hydrogen (secondary N) is 1. The van der Waals surface area contributed by atoms with Gasteiger partial charge in [0, 0.05) is 17.3 Å². The van der Waals surface area contributed by atoms with Crippen molar-refractivity contribution in [2.45, 2.75) is 13.8 Å². The number of nitrogens with zero attached hydrogens (tertiary/aromatic N) is 2. The van der Waals surface area contributed by atoms with Crippen molar-refractivity contribution >= 4 is 5.82 Å². The van der Waals surface area contributed by atoms with E-state index in [4.69, 9.17) is 5.84 Å². The molecule has 2 aromatic rings. The molecular formula is C12H14N4. The molecule has 3 N–H and O–H groups in total. The Labute approximate surface area is 94.5 Å². The summed E-state index contributed by atoms with van der Waals surface area (Å²) < 4.78 is 0. The molecule has 1 heterocycles. The van der Waals surface area contributed by atoms with E-state index in [1.54, 1.807) is 6.07 Å². The molecule has 1 aromatic carbocycles. The molecule has 4 nitrogen and oxygen atoms in total. The first-order valence-corrected chi connectivity index (χ1v) is 5.08. The number of benzene rings is 1. The van der Waals surface area contributed by atoms with Crippen LogP contribution in [-0.4, -0.2) is 9.97 Å². The summed E-state index contributed by atoms with van der Waals surface area (Å²) in [6.07, 6.45) is 0. The summed E-state index contributed by atoms with van der Waals surface area (Å²) in [6.45, 7) is 3.96. The van der Waals surface area contributed by atoms with E-state index < -0.39 is 0 Å². The number of rotatable bonds is 2. The average Bonchev–Trinajstić information content (AvgIpc) is 2.28. The van der Waals surface area contributed by atoms with Gasteiger partial charge < -0.3 is 5.43 Å². The van der Waals surface area contributed by atoms with E-state index in [-0.39, 0.29) is 0 Å². The van der Waals surface area contributed by atoms with Crippen LogP contribution in [0.3, 0.4) is 0 Å². The monoisotopic (exact) mass is 214 g/mol. The lowest BCUT2D eigenvalue weighted by Crippen LogP contribution is -2.09. The zero-order valence-corrected chi connectivity index (χ0v) is 9.36. The van der Waals surface area contributed by atoms with Gasteiger partial charge in [-0.3, -0.25) is 0 Å². The standard InChI is InChI=1S/C12H14N4/c1-8-4-3-5-10(6-8)12-14-9(2)7-11(15-12)16-13/h3-7H,13H2,1-2H3,(H,14,15,16). The Kier molecular flexibility index (Phi) is 2.83. The number of anilines is 1. The fourth-order valence-electron chi connectivity index (χ4n) is 1.56. The second-order valence-corrected chi connectivity index (χ2v) is 3.73. The van der Waals surface area contributed by atoms with Crippen molar-refractivity contribution < 1.29 is 0 Å². The summed E-state index contributed by atoms with van der Waals surface area (Å²) in [4.78, 5) is 8.70. The van der Waals surface area contributed by atoms with Crippen LogP contribution in [0.4, 0.5) is 5.82 Å². The summed E-state index contributed by atoms with van der Waals surface area (Å²) in [5, 5.41) is 0. The quantitative estimate of drug-likeness (QED) is 0.593. The third-order valence-corrected chi connectivity index (χ3v) is 2.28. The van der Waals surface area contributed by atoms with Crippen LogP contribution in [0.25, 0.3) is 11.4 Å². The summed E-state index contributed by atoms with van der Waals surface area (Å²) in [5.41, 5.74) is 5.62. The Bertz CT molecular complexity index is 508. The molecule has 2 rings (SSSR count). The van der Waals surface area contributed by atoms with Crippen molar-refractivity contribution in [1.29, 1.82) is 0 Å². The molecule has 0 bridgehead atoms. The first-order chi connectivity index (χ1) is 7.69. The average molecular weight is 214 g/mol. The van der Waals surface area contributed by atoms with E-state index in [1.807, 2.05) is 32.0 Å². The van der Waals surface area contributed by atoms with Crippen LogP contribution < -0.4 is 11.3 Å². The molecule has 0 amide bonds. The fraction of sp³-hybridized carbons (Fsp3) is 0.167. The number of hydrogen-bond donors (Lipinski definition) is 2. The molecule has 0 atom stereocenters. The van der Waals surface area contributed by atoms with E-state index in [9.17, 15) is 0 Å². The normalized spacial score (nSPS) is 10.2. The number of aromatic nitrogens is 2. The molecule has 0 saturated heterocycles. The number of hydrazine groups is 1. The van der Waals surface area contributed by atoms with Crippen molar-refractivity contribution in [3.05, 3.63) is 41.6 Å². The van der Waals surface area contributed by atoms with E-state index in [0.29, 0.717) is 11.6 Å². The molecular weight excluding hydrogens is 200 g/mol. The SMILES string of the molecule is Cc1cccc(-c2nc(C)cc(NN)n2)c1. The Morgan fingerprint density at radius 3 is 2.62 bits per heavy atom. The minimum absolute atomic E-state index is 0.629. The van der Waals surface area contributed by atoms with E-state index >= 15 is 0 Å². The minimum Gasteiger partial charge on any atom is -0.308 e. The fourth-order valence-corrected chi connectivity index (χ4v) is 1.56. The summed E-state index contributed by atoms with van der Waals surface area (Å²) >= 11 is 0. The Morgan fingerprint density at radius 1 is 1.12 bits per heavy atom. The number of aryl methyl sites for hydroxylation is 2. The lowest BCUT2D eigenvalue weighted by molar-refractivity contribution is 1.09. The molecule has 0 unspecified atom stereocenters. The van der Waals surface area contributed by atoms with Gasteiger partial charge in [0.05, 0.1) is 0 Å². The highest BCUT2D eigenvalue weighted by Gasteiger charge is 2.04. The van der Waals surface area contributed by atoms with Crippen LogP contribution in [0.2, 0.25) is 0 Å².